The number of carbonyl (C=O) groups is 1. The van der Waals surface area contributed by atoms with E-state index in [1.165, 1.54) is 30.6 Å². The van der Waals surface area contributed by atoms with Crippen LogP contribution >= 0.6 is 0 Å². The van der Waals surface area contributed by atoms with E-state index in [1.54, 1.807) is 18.2 Å². The van der Waals surface area contributed by atoms with Crippen molar-refractivity contribution in [2.45, 2.75) is 11.3 Å². The topological polar surface area (TPSA) is 66.9 Å². The molecule has 0 spiro atoms. The Balaban J connectivity index is 1.99. The van der Waals surface area contributed by atoms with Crippen molar-refractivity contribution in [3.63, 3.8) is 0 Å². The molecule has 0 N–H and O–H groups in total. The minimum atomic E-state index is -3.72. The zero-order chi connectivity index (χ0) is 17.3. The molecule has 0 saturated carbocycles. The minimum absolute atomic E-state index is 0.0922. The molecule has 0 aliphatic carbocycles. The average molecular weight is 346 g/mol. The summed E-state index contributed by atoms with van der Waals surface area (Å²) in [4.78, 5) is 17.1. The fourth-order valence-electron chi connectivity index (χ4n) is 2.74. The first-order chi connectivity index (χ1) is 11.4. The summed E-state index contributed by atoms with van der Waals surface area (Å²) in [5.74, 6) is -0.406. The van der Waals surface area contributed by atoms with Crippen LogP contribution in [-0.4, -0.2) is 40.1 Å². The summed E-state index contributed by atoms with van der Waals surface area (Å²) in [5.41, 5.74) is 1.96. The highest BCUT2D eigenvalue weighted by molar-refractivity contribution is 7.92. The molecule has 7 heteroatoms. The van der Waals surface area contributed by atoms with Crippen molar-refractivity contribution in [1.29, 1.82) is 0 Å². The second kappa shape index (κ2) is 6.26. The van der Waals surface area contributed by atoms with Crippen molar-refractivity contribution in [2.24, 2.45) is 0 Å². The third-order valence-corrected chi connectivity index (χ3v) is 5.88. The first kappa shape index (κ1) is 16.5. The Bertz CT molecular complexity index is 880. The highest BCUT2D eigenvalue weighted by atomic mass is 32.2. The number of hydrogen-bond donors (Lipinski definition) is 0. The number of benzene rings is 2. The van der Waals surface area contributed by atoms with Gasteiger partial charge < -0.3 is 0 Å². The minimum Gasteiger partial charge on any atom is -0.274 e. The normalized spacial score (nSPS) is 13.7. The van der Waals surface area contributed by atoms with Gasteiger partial charge in [-0.3, -0.25) is 13.9 Å². The van der Waals surface area contributed by atoms with Crippen LogP contribution in [0.15, 0.2) is 53.4 Å². The summed E-state index contributed by atoms with van der Waals surface area (Å²) < 4.78 is 27.4. The van der Waals surface area contributed by atoms with Crippen LogP contribution in [0.2, 0.25) is 0 Å². The smallest absolute Gasteiger partial charge is 0.274 e. The number of hydrogen-bond acceptors (Lipinski definition) is 4. The Morgan fingerprint density at radius 3 is 2.67 bits per heavy atom. The third kappa shape index (κ3) is 2.76. The molecule has 1 amide bonds. The third-order valence-electron chi connectivity index (χ3n) is 4.07. The summed E-state index contributed by atoms with van der Waals surface area (Å²) in [6, 6.07) is 13.5. The number of fused-ring (bicyclic) bond motifs is 1. The molecule has 1 aliphatic rings. The second-order valence-electron chi connectivity index (χ2n) is 5.47. The molecular formula is C17H18N2O4S. The molecule has 2 aromatic carbocycles. The fraction of sp³-hybridized carbons (Fsp3) is 0.235. The van der Waals surface area contributed by atoms with Gasteiger partial charge in [0, 0.05) is 19.2 Å². The van der Waals surface area contributed by atoms with Gasteiger partial charge in [-0.05, 0) is 36.2 Å². The van der Waals surface area contributed by atoms with E-state index in [9.17, 15) is 13.2 Å². The molecule has 0 radical (unpaired) electrons. The maximum Gasteiger partial charge on any atom is 0.277 e. The van der Waals surface area contributed by atoms with E-state index in [4.69, 9.17) is 4.84 Å². The van der Waals surface area contributed by atoms with Gasteiger partial charge >= 0.3 is 0 Å². The highest BCUT2D eigenvalue weighted by Gasteiger charge is 2.31. The van der Waals surface area contributed by atoms with Crippen LogP contribution < -0.4 is 4.31 Å². The highest BCUT2D eigenvalue weighted by Crippen LogP contribution is 2.32. The number of nitrogens with zero attached hydrogens (tertiary/aromatic N) is 2. The fourth-order valence-corrected chi connectivity index (χ4v) is 4.29. The maximum absolute atomic E-state index is 13.0. The molecule has 0 fully saturated rings. The van der Waals surface area contributed by atoms with Gasteiger partial charge in [-0.15, -0.1) is 0 Å². The van der Waals surface area contributed by atoms with Gasteiger partial charge in [0.1, 0.15) is 0 Å². The summed E-state index contributed by atoms with van der Waals surface area (Å²) in [5, 5.41) is 1.05. The van der Waals surface area contributed by atoms with Crippen LogP contribution in [0, 0.1) is 0 Å². The van der Waals surface area contributed by atoms with E-state index in [1.807, 2.05) is 18.2 Å². The predicted octanol–water partition coefficient (Wildman–Crippen LogP) is 2.07. The zero-order valence-electron chi connectivity index (χ0n) is 13.5. The van der Waals surface area contributed by atoms with Gasteiger partial charge in [0.25, 0.3) is 15.9 Å². The Kier molecular flexibility index (Phi) is 4.29. The number of rotatable bonds is 4. The first-order valence-corrected chi connectivity index (χ1v) is 8.92. The molecule has 6 nitrogen and oxygen atoms in total. The molecular weight excluding hydrogens is 328 g/mol. The van der Waals surface area contributed by atoms with Crippen molar-refractivity contribution in [3.05, 3.63) is 59.7 Å². The lowest BCUT2D eigenvalue weighted by molar-refractivity contribution is -0.0757. The number of anilines is 1. The lowest BCUT2D eigenvalue weighted by Crippen LogP contribution is -2.30. The first-order valence-electron chi connectivity index (χ1n) is 7.48. The molecule has 1 heterocycles. The van der Waals surface area contributed by atoms with E-state index >= 15 is 0 Å². The summed E-state index contributed by atoms with van der Waals surface area (Å²) in [6.07, 6.45) is 0.681. The van der Waals surface area contributed by atoms with Crippen LogP contribution in [-0.2, 0) is 21.3 Å². The van der Waals surface area contributed by atoms with Crippen LogP contribution in [0.25, 0.3) is 0 Å². The van der Waals surface area contributed by atoms with Crippen molar-refractivity contribution < 1.29 is 18.0 Å². The molecule has 126 valence electrons. The van der Waals surface area contributed by atoms with E-state index in [0.29, 0.717) is 18.7 Å². The van der Waals surface area contributed by atoms with Crippen molar-refractivity contribution in [1.82, 2.24) is 5.06 Å². The quantitative estimate of drug-likeness (QED) is 0.795. The molecule has 0 bridgehead atoms. The van der Waals surface area contributed by atoms with Crippen molar-refractivity contribution >= 4 is 21.6 Å². The predicted molar refractivity (Wildman–Crippen MR) is 90.2 cm³/mol. The standard InChI is InChI=1S/C17H18N2O4S/c1-18(23-2)17(20)14-7-5-8-15(12-14)24(21,22)19-11-10-13-6-3-4-9-16(13)19/h3-9,12H,10-11H2,1-2H3. The number of carbonyl (C=O) groups excluding carboxylic acids is 1. The van der Waals surface area contributed by atoms with Crippen molar-refractivity contribution in [2.75, 3.05) is 25.0 Å². The molecule has 0 aromatic heterocycles. The molecule has 0 saturated heterocycles. The second-order valence-corrected chi connectivity index (χ2v) is 7.33. The molecule has 0 atom stereocenters. The number of hydroxylamine groups is 2. The largest absolute Gasteiger partial charge is 0.277 e. The Morgan fingerprint density at radius 2 is 1.92 bits per heavy atom. The van der Waals surface area contributed by atoms with Gasteiger partial charge in [-0.2, -0.15) is 0 Å². The zero-order valence-corrected chi connectivity index (χ0v) is 14.3. The molecule has 24 heavy (non-hydrogen) atoms. The van der Waals surface area contributed by atoms with Gasteiger partial charge in [-0.1, -0.05) is 24.3 Å². The van der Waals surface area contributed by atoms with Crippen LogP contribution in [0.4, 0.5) is 5.69 Å². The van der Waals surface area contributed by atoms with E-state index in [2.05, 4.69) is 0 Å². The molecule has 0 unspecified atom stereocenters. The van der Waals surface area contributed by atoms with Crippen LogP contribution in [0.5, 0.6) is 0 Å². The van der Waals surface area contributed by atoms with Crippen LogP contribution in [0.1, 0.15) is 15.9 Å². The Morgan fingerprint density at radius 1 is 1.17 bits per heavy atom. The molecule has 1 aliphatic heterocycles. The summed E-state index contributed by atoms with van der Waals surface area (Å²) in [7, 11) is -0.872. The lowest BCUT2D eigenvalue weighted by Gasteiger charge is -2.20. The monoisotopic (exact) mass is 346 g/mol. The van der Waals surface area contributed by atoms with E-state index in [0.717, 1.165) is 10.6 Å². The maximum atomic E-state index is 13.0. The lowest BCUT2D eigenvalue weighted by atomic mass is 10.2. The van der Waals surface area contributed by atoms with E-state index < -0.39 is 15.9 Å². The van der Waals surface area contributed by atoms with Crippen molar-refractivity contribution in [3.8, 4) is 0 Å². The number of para-hydroxylation sites is 1. The summed E-state index contributed by atoms with van der Waals surface area (Å²) >= 11 is 0. The molecule has 2 aromatic rings. The van der Waals surface area contributed by atoms with Crippen LogP contribution in [0.3, 0.4) is 0 Å². The Labute approximate surface area is 141 Å². The average Bonchev–Trinajstić information content (AvgIpc) is 3.05. The summed E-state index contributed by atoms with van der Waals surface area (Å²) in [6.45, 7) is 0.401. The van der Waals surface area contributed by atoms with Gasteiger partial charge in [0.05, 0.1) is 17.7 Å². The number of amides is 1. The molecule has 3 rings (SSSR count). The number of sulfonamides is 1. The van der Waals surface area contributed by atoms with E-state index in [-0.39, 0.29) is 10.5 Å². The Hall–Kier alpha value is -2.38. The van der Waals surface area contributed by atoms with Gasteiger partial charge in [0.15, 0.2) is 0 Å². The van der Waals surface area contributed by atoms with Gasteiger partial charge in [0.2, 0.25) is 0 Å². The SMILES string of the molecule is CON(C)C(=O)c1cccc(S(=O)(=O)N2CCc3ccccc32)c1. The van der Waals surface area contributed by atoms with Gasteiger partial charge in [-0.25, -0.2) is 13.5 Å².